The molecule has 1 unspecified atom stereocenters. The van der Waals surface area contributed by atoms with Gasteiger partial charge >= 0.3 is 0 Å². The molecule has 3 nitrogen and oxygen atoms in total. The summed E-state index contributed by atoms with van der Waals surface area (Å²) >= 11 is 0. The summed E-state index contributed by atoms with van der Waals surface area (Å²) in [4.78, 5) is 5.28. The maximum Gasteiger partial charge on any atom is 0.0235 e. The second kappa shape index (κ2) is 6.53. The summed E-state index contributed by atoms with van der Waals surface area (Å²) in [5, 5.41) is 3.18. The summed E-state index contributed by atoms with van der Waals surface area (Å²) in [6.45, 7) is 11.3. The maximum atomic E-state index is 4.13. The minimum atomic E-state index is 0.817. The van der Waals surface area contributed by atoms with Crippen LogP contribution >= 0.6 is 0 Å². The quantitative estimate of drug-likeness (QED) is 0.728. The van der Waals surface area contributed by atoms with E-state index in [1.165, 1.54) is 57.4 Å². The molecule has 98 valence electrons. The Morgan fingerprint density at radius 1 is 1.24 bits per heavy atom. The van der Waals surface area contributed by atoms with E-state index in [0.29, 0.717) is 0 Å². The highest BCUT2D eigenvalue weighted by atomic mass is 15.3. The third-order valence-corrected chi connectivity index (χ3v) is 4.03. The van der Waals surface area contributed by atoms with Crippen LogP contribution in [-0.4, -0.2) is 62.2 Å². The van der Waals surface area contributed by atoms with Crippen molar-refractivity contribution in [3.05, 3.63) is 12.2 Å². The van der Waals surface area contributed by atoms with Gasteiger partial charge in [-0.15, -0.1) is 0 Å². The fourth-order valence-electron chi connectivity index (χ4n) is 3.16. The molecule has 2 fully saturated rings. The molecule has 0 spiro atoms. The van der Waals surface area contributed by atoms with Crippen molar-refractivity contribution in [2.45, 2.75) is 31.7 Å². The fraction of sp³-hybridized carbons (Fsp3) is 0.857. The zero-order valence-electron chi connectivity index (χ0n) is 11.2. The molecule has 2 aliphatic heterocycles. The number of hydrogen-bond donors (Lipinski definition) is 1. The zero-order chi connectivity index (χ0) is 12.1. The Morgan fingerprint density at radius 2 is 2.00 bits per heavy atom. The van der Waals surface area contributed by atoms with Gasteiger partial charge in [0.25, 0.3) is 0 Å². The van der Waals surface area contributed by atoms with Crippen LogP contribution in [0.5, 0.6) is 0 Å². The van der Waals surface area contributed by atoms with E-state index in [1.807, 2.05) is 7.05 Å². The molecule has 0 bridgehead atoms. The average Bonchev–Trinajstić information content (AvgIpc) is 2.79. The molecule has 2 aliphatic rings. The molecule has 0 saturated carbocycles. The number of likely N-dealkylation sites (tertiary alicyclic amines) is 2. The number of nitrogens with zero attached hydrogens (tertiary/aromatic N) is 2. The van der Waals surface area contributed by atoms with Gasteiger partial charge in [0.2, 0.25) is 0 Å². The molecule has 0 aromatic carbocycles. The highest BCUT2D eigenvalue weighted by molar-refractivity contribution is 5.01. The molecule has 0 aromatic heterocycles. The molecule has 2 rings (SSSR count). The van der Waals surface area contributed by atoms with Crippen LogP contribution in [0.25, 0.3) is 0 Å². The minimum Gasteiger partial charge on any atom is -0.316 e. The zero-order valence-corrected chi connectivity index (χ0v) is 11.2. The second-order valence-corrected chi connectivity index (χ2v) is 5.55. The van der Waals surface area contributed by atoms with E-state index in [2.05, 4.69) is 21.7 Å². The number of likely N-dealkylation sites (N-methyl/N-ethyl adjacent to an activating group) is 1. The predicted octanol–water partition coefficient (Wildman–Crippen LogP) is 1.32. The van der Waals surface area contributed by atoms with Gasteiger partial charge in [0.1, 0.15) is 0 Å². The summed E-state index contributed by atoms with van der Waals surface area (Å²) in [5.41, 5.74) is 1.31. The number of rotatable bonds is 5. The average molecular weight is 237 g/mol. The highest BCUT2D eigenvalue weighted by Crippen LogP contribution is 2.20. The summed E-state index contributed by atoms with van der Waals surface area (Å²) in [6.07, 6.45) is 5.60. The lowest BCUT2D eigenvalue weighted by Crippen LogP contribution is -2.41. The monoisotopic (exact) mass is 237 g/mol. The molecule has 2 heterocycles. The van der Waals surface area contributed by atoms with Crippen molar-refractivity contribution in [1.82, 2.24) is 15.1 Å². The molecular formula is C14H27N3. The van der Waals surface area contributed by atoms with Crippen LogP contribution in [0.1, 0.15) is 25.7 Å². The van der Waals surface area contributed by atoms with E-state index < -0.39 is 0 Å². The van der Waals surface area contributed by atoms with Crippen LogP contribution in [0.15, 0.2) is 12.2 Å². The van der Waals surface area contributed by atoms with Gasteiger partial charge in [-0.2, -0.15) is 0 Å². The van der Waals surface area contributed by atoms with E-state index in [-0.39, 0.29) is 0 Å². The van der Waals surface area contributed by atoms with Gasteiger partial charge in [0.15, 0.2) is 0 Å². The Bertz CT molecular complexity index is 246. The molecule has 1 atom stereocenters. The topological polar surface area (TPSA) is 18.5 Å². The van der Waals surface area contributed by atoms with E-state index >= 15 is 0 Å². The van der Waals surface area contributed by atoms with Gasteiger partial charge in [-0.05, 0) is 45.0 Å². The summed E-state index contributed by atoms with van der Waals surface area (Å²) in [6, 6.07) is 0.817. The molecule has 17 heavy (non-hydrogen) atoms. The van der Waals surface area contributed by atoms with Gasteiger partial charge in [-0.25, -0.2) is 0 Å². The fourth-order valence-corrected chi connectivity index (χ4v) is 3.16. The molecule has 0 aliphatic carbocycles. The molecule has 2 saturated heterocycles. The normalized spacial score (nSPS) is 27.5. The van der Waals surface area contributed by atoms with E-state index in [0.717, 1.165) is 19.1 Å². The van der Waals surface area contributed by atoms with E-state index in [9.17, 15) is 0 Å². The Kier molecular flexibility index (Phi) is 5.01. The maximum absolute atomic E-state index is 4.13. The second-order valence-electron chi connectivity index (χ2n) is 5.55. The lowest BCUT2D eigenvalue weighted by molar-refractivity contribution is 0.163. The predicted molar refractivity (Wildman–Crippen MR) is 73.3 cm³/mol. The number of hydrogen-bond acceptors (Lipinski definition) is 3. The van der Waals surface area contributed by atoms with Crippen LogP contribution in [0.3, 0.4) is 0 Å². The van der Waals surface area contributed by atoms with Crippen LogP contribution < -0.4 is 5.32 Å². The third kappa shape index (κ3) is 3.80. The van der Waals surface area contributed by atoms with Crippen molar-refractivity contribution in [3.8, 4) is 0 Å². The molecule has 0 amide bonds. The Hall–Kier alpha value is -0.380. The number of nitrogens with one attached hydrogen (secondary N) is 1. The van der Waals surface area contributed by atoms with Gasteiger partial charge in [-0.1, -0.05) is 13.0 Å². The Labute approximate surface area is 106 Å². The summed E-state index contributed by atoms with van der Waals surface area (Å²) < 4.78 is 0. The Morgan fingerprint density at radius 3 is 2.71 bits per heavy atom. The van der Waals surface area contributed by atoms with Crippen LogP contribution in [0, 0.1) is 0 Å². The molecule has 1 N–H and O–H groups in total. The van der Waals surface area contributed by atoms with Crippen LogP contribution in [0.4, 0.5) is 0 Å². The van der Waals surface area contributed by atoms with Gasteiger partial charge in [-0.3, -0.25) is 9.80 Å². The summed E-state index contributed by atoms with van der Waals surface area (Å²) in [7, 11) is 1.99. The lowest BCUT2D eigenvalue weighted by atomic mass is 10.1. The first-order valence-corrected chi connectivity index (χ1v) is 7.07. The molecular weight excluding hydrogens is 210 g/mol. The first-order chi connectivity index (χ1) is 8.29. The molecule has 0 aromatic rings. The van der Waals surface area contributed by atoms with Gasteiger partial charge in [0, 0.05) is 32.2 Å². The van der Waals surface area contributed by atoms with Crippen molar-refractivity contribution in [1.29, 1.82) is 0 Å². The molecule has 0 radical (unpaired) electrons. The first kappa shape index (κ1) is 13.1. The van der Waals surface area contributed by atoms with Gasteiger partial charge < -0.3 is 5.32 Å². The van der Waals surface area contributed by atoms with Crippen molar-refractivity contribution >= 4 is 0 Å². The van der Waals surface area contributed by atoms with Crippen LogP contribution in [-0.2, 0) is 0 Å². The van der Waals surface area contributed by atoms with Crippen molar-refractivity contribution in [2.24, 2.45) is 0 Å². The Balaban J connectivity index is 1.73. The van der Waals surface area contributed by atoms with E-state index in [4.69, 9.17) is 0 Å². The third-order valence-electron chi connectivity index (χ3n) is 4.03. The minimum absolute atomic E-state index is 0.817. The SMILES string of the molecule is C=C(CNC)CN1CCC(N2CCCCC2)C1. The highest BCUT2D eigenvalue weighted by Gasteiger charge is 2.28. The van der Waals surface area contributed by atoms with Crippen LogP contribution in [0.2, 0.25) is 0 Å². The molecule has 3 heteroatoms. The summed E-state index contributed by atoms with van der Waals surface area (Å²) in [5.74, 6) is 0. The van der Waals surface area contributed by atoms with Gasteiger partial charge in [0.05, 0.1) is 0 Å². The number of piperidine rings is 1. The smallest absolute Gasteiger partial charge is 0.0235 e. The van der Waals surface area contributed by atoms with Crippen molar-refractivity contribution in [2.75, 3.05) is 46.3 Å². The van der Waals surface area contributed by atoms with Crippen molar-refractivity contribution < 1.29 is 0 Å². The first-order valence-electron chi connectivity index (χ1n) is 7.07. The lowest BCUT2D eigenvalue weighted by Gasteiger charge is -2.32. The van der Waals surface area contributed by atoms with E-state index in [1.54, 1.807) is 0 Å². The standard InChI is InChI=1S/C14H27N3/c1-13(10-15-2)11-16-9-6-14(12-16)17-7-4-3-5-8-17/h14-15H,1,3-12H2,2H3. The largest absolute Gasteiger partial charge is 0.316 e. The van der Waals surface area contributed by atoms with Crippen molar-refractivity contribution in [3.63, 3.8) is 0 Å².